The molecule has 0 atom stereocenters. The van der Waals surface area contributed by atoms with Crippen molar-refractivity contribution in [3.05, 3.63) is 52.5 Å². The van der Waals surface area contributed by atoms with Gasteiger partial charge in [-0.3, -0.25) is 4.79 Å². The predicted octanol–water partition coefficient (Wildman–Crippen LogP) is 3.52. The SMILES string of the molecule is COc1cc(C(=O)NN=C(C)c2ccccc2Cl)cc(OC)c1OC. The van der Waals surface area contributed by atoms with Crippen LogP contribution in [0.4, 0.5) is 0 Å². The van der Waals surface area contributed by atoms with Crippen LogP contribution in [0.5, 0.6) is 17.2 Å². The molecule has 0 aliphatic rings. The minimum absolute atomic E-state index is 0.324. The Morgan fingerprint density at radius 1 is 1.04 bits per heavy atom. The number of hydrogen-bond donors (Lipinski definition) is 1. The second-order valence-corrected chi connectivity index (χ2v) is 5.44. The van der Waals surface area contributed by atoms with Gasteiger partial charge in [-0.2, -0.15) is 5.10 Å². The Kier molecular flexibility index (Phi) is 6.25. The molecule has 0 radical (unpaired) electrons. The van der Waals surface area contributed by atoms with Crippen molar-refractivity contribution in [1.29, 1.82) is 0 Å². The van der Waals surface area contributed by atoms with Crippen molar-refractivity contribution in [2.24, 2.45) is 5.10 Å². The summed E-state index contributed by atoms with van der Waals surface area (Å²) in [4.78, 5) is 12.4. The molecule has 0 saturated heterocycles. The van der Waals surface area contributed by atoms with Crippen LogP contribution < -0.4 is 19.6 Å². The Hall–Kier alpha value is -2.73. The van der Waals surface area contributed by atoms with Crippen molar-refractivity contribution in [3.8, 4) is 17.2 Å². The third-order valence-electron chi connectivity index (χ3n) is 3.52. The fraction of sp³-hybridized carbons (Fsp3) is 0.222. The maximum atomic E-state index is 12.4. The monoisotopic (exact) mass is 362 g/mol. The summed E-state index contributed by atoms with van der Waals surface area (Å²) in [5, 5.41) is 4.67. The molecule has 2 aromatic rings. The summed E-state index contributed by atoms with van der Waals surface area (Å²) in [6.45, 7) is 1.76. The lowest BCUT2D eigenvalue weighted by Gasteiger charge is -2.13. The van der Waals surface area contributed by atoms with Gasteiger partial charge >= 0.3 is 0 Å². The van der Waals surface area contributed by atoms with Gasteiger partial charge in [-0.15, -0.1) is 0 Å². The zero-order chi connectivity index (χ0) is 18.4. The van der Waals surface area contributed by atoms with Crippen LogP contribution in [0.15, 0.2) is 41.5 Å². The zero-order valence-electron chi connectivity index (χ0n) is 14.4. The van der Waals surface area contributed by atoms with E-state index in [9.17, 15) is 4.79 Å². The highest BCUT2D eigenvalue weighted by Crippen LogP contribution is 2.38. The number of nitrogens with one attached hydrogen (secondary N) is 1. The standard InChI is InChI=1S/C18H19ClN2O4/c1-11(13-7-5-6-8-14(13)19)20-21-18(22)12-9-15(23-2)17(25-4)16(10-12)24-3/h5-10H,1-4H3,(H,21,22). The van der Waals surface area contributed by atoms with Crippen molar-refractivity contribution >= 4 is 23.2 Å². The van der Waals surface area contributed by atoms with Crippen molar-refractivity contribution < 1.29 is 19.0 Å². The van der Waals surface area contributed by atoms with Crippen molar-refractivity contribution in [3.63, 3.8) is 0 Å². The van der Waals surface area contributed by atoms with Crippen LogP contribution in [0.3, 0.4) is 0 Å². The van der Waals surface area contributed by atoms with E-state index in [2.05, 4.69) is 10.5 Å². The van der Waals surface area contributed by atoms with Gasteiger partial charge in [-0.1, -0.05) is 29.8 Å². The molecular weight excluding hydrogens is 344 g/mol. The van der Waals surface area contributed by atoms with Crippen LogP contribution in [-0.4, -0.2) is 32.9 Å². The molecule has 1 N–H and O–H groups in total. The average molecular weight is 363 g/mol. The Bertz CT molecular complexity index is 780. The fourth-order valence-electron chi connectivity index (χ4n) is 2.23. The van der Waals surface area contributed by atoms with Crippen molar-refractivity contribution in [2.75, 3.05) is 21.3 Å². The normalized spacial score (nSPS) is 11.0. The van der Waals surface area contributed by atoms with Gasteiger partial charge in [0, 0.05) is 16.1 Å². The molecule has 2 rings (SSSR count). The van der Waals surface area contributed by atoms with Gasteiger partial charge in [0.15, 0.2) is 11.5 Å². The first kappa shape index (κ1) is 18.6. The Balaban J connectivity index is 2.26. The quantitative estimate of drug-likeness (QED) is 0.630. The number of carbonyl (C=O) groups excluding carboxylic acids is 1. The summed E-state index contributed by atoms with van der Waals surface area (Å²) in [7, 11) is 4.47. The number of nitrogens with zero attached hydrogens (tertiary/aromatic N) is 1. The molecule has 132 valence electrons. The van der Waals surface area contributed by atoms with Crippen LogP contribution >= 0.6 is 11.6 Å². The first-order valence-corrected chi connectivity index (χ1v) is 7.79. The molecule has 0 bridgehead atoms. The molecule has 0 unspecified atom stereocenters. The summed E-state index contributed by atoms with van der Waals surface area (Å²) in [5.74, 6) is 0.778. The number of benzene rings is 2. The van der Waals surface area contributed by atoms with E-state index in [0.717, 1.165) is 5.56 Å². The van der Waals surface area contributed by atoms with Gasteiger partial charge in [-0.05, 0) is 25.1 Å². The van der Waals surface area contributed by atoms with E-state index in [0.29, 0.717) is 33.5 Å². The number of hydrazone groups is 1. The molecule has 0 heterocycles. The van der Waals surface area contributed by atoms with E-state index >= 15 is 0 Å². The average Bonchev–Trinajstić information content (AvgIpc) is 2.64. The number of amides is 1. The Morgan fingerprint density at radius 3 is 2.16 bits per heavy atom. The lowest BCUT2D eigenvalue weighted by atomic mass is 10.1. The van der Waals surface area contributed by atoms with Gasteiger partial charge in [0.25, 0.3) is 5.91 Å². The molecule has 0 aliphatic carbocycles. The largest absolute Gasteiger partial charge is 0.493 e. The summed E-state index contributed by atoms with van der Waals surface area (Å²) in [6.07, 6.45) is 0. The fourth-order valence-corrected chi connectivity index (χ4v) is 2.50. The van der Waals surface area contributed by atoms with Gasteiger partial charge in [-0.25, -0.2) is 5.43 Å². The summed E-state index contributed by atoms with van der Waals surface area (Å²) < 4.78 is 15.7. The van der Waals surface area contributed by atoms with Crippen LogP contribution in [0.2, 0.25) is 5.02 Å². The van der Waals surface area contributed by atoms with Crippen LogP contribution in [-0.2, 0) is 0 Å². The molecule has 7 heteroatoms. The summed E-state index contributed by atoms with van der Waals surface area (Å²) in [5.41, 5.74) is 4.16. The van der Waals surface area contributed by atoms with Gasteiger partial charge in [0.05, 0.1) is 27.0 Å². The van der Waals surface area contributed by atoms with E-state index < -0.39 is 5.91 Å². The first-order chi connectivity index (χ1) is 12.0. The second kappa shape index (κ2) is 8.39. The molecule has 0 saturated carbocycles. The summed E-state index contributed by atoms with van der Waals surface area (Å²) in [6, 6.07) is 10.4. The third-order valence-corrected chi connectivity index (χ3v) is 3.85. The lowest BCUT2D eigenvalue weighted by molar-refractivity contribution is 0.0954. The van der Waals surface area contributed by atoms with E-state index in [1.54, 1.807) is 25.1 Å². The molecule has 0 aliphatic heterocycles. The van der Waals surface area contributed by atoms with Crippen LogP contribution in [0.1, 0.15) is 22.8 Å². The van der Waals surface area contributed by atoms with Crippen LogP contribution in [0.25, 0.3) is 0 Å². The van der Waals surface area contributed by atoms with E-state index in [4.69, 9.17) is 25.8 Å². The summed E-state index contributed by atoms with van der Waals surface area (Å²) >= 11 is 6.12. The minimum atomic E-state index is -0.411. The second-order valence-electron chi connectivity index (χ2n) is 5.03. The Labute approximate surface area is 151 Å². The first-order valence-electron chi connectivity index (χ1n) is 7.41. The number of halogens is 1. The molecule has 2 aromatic carbocycles. The number of rotatable bonds is 6. The number of ether oxygens (including phenoxy) is 3. The molecule has 6 nitrogen and oxygen atoms in total. The van der Waals surface area contributed by atoms with E-state index in [1.807, 2.05) is 18.2 Å². The highest BCUT2D eigenvalue weighted by atomic mass is 35.5. The lowest BCUT2D eigenvalue weighted by Crippen LogP contribution is -2.19. The zero-order valence-corrected chi connectivity index (χ0v) is 15.2. The number of methoxy groups -OCH3 is 3. The molecule has 25 heavy (non-hydrogen) atoms. The van der Waals surface area contributed by atoms with Gasteiger partial charge in [0.1, 0.15) is 0 Å². The number of carbonyl (C=O) groups is 1. The Morgan fingerprint density at radius 2 is 1.64 bits per heavy atom. The topological polar surface area (TPSA) is 69.2 Å². The minimum Gasteiger partial charge on any atom is -0.493 e. The van der Waals surface area contributed by atoms with E-state index in [-0.39, 0.29) is 0 Å². The van der Waals surface area contributed by atoms with Crippen molar-refractivity contribution in [2.45, 2.75) is 6.92 Å². The highest BCUT2D eigenvalue weighted by molar-refractivity contribution is 6.34. The predicted molar refractivity (Wildman–Crippen MR) is 97.2 cm³/mol. The molecule has 0 fully saturated rings. The van der Waals surface area contributed by atoms with Crippen molar-refractivity contribution in [1.82, 2.24) is 5.43 Å². The molecule has 1 amide bonds. The van der Waals surface area contributed by atoms with Gasteiger partial charge in [0.2, 0.25) is 5.75 Å². The maximum absolute atomic E-state index is 12.4. The number of hydrogen-bond acceptors (Lipinski definition) is 5. The van der Waals surface area contributed by atoms with E-state index in [1.165, 1.54) is 21.3 Å². The molecule has 0 spiro atoms. The molecular formula is C18H19ClN2O4. The smallest absolute Gasteiger partial charge is 0.271 e. The highest BCUT2D eigenvalue weighted by Gasteiger charge is 2.17. The maximum Gasteiger partial charge on any atom is 0.271 e. The van der Waals surface area contributed by atoms with Gasteiger partial charge < -0.3 is 14.2 Å². The molecule has 0 aromatic heterocycles. The van der Waals surface area contributed by atoms with Crippen LogP contribution in [0, 0.1) is 0 Å². The third kappa shape index (κ3) is 4.22.